The van der Waals surface area contributed by atoms with E-state index in [1.54, 1.807) is 4.90 Å². The Morgan fingerprint density at radius 1 is 0.931 bits per heavy atom. The number of carbonyl (C=O) groups excluding carboxylic acids is 1. The number of rotatable bonds is 5. The maximum Gasteiger partial charge on any atom is 0.271 e. The molecule has 3 aromatic carbocycles. The van der Waals surface area contributed by atoms with E-state index in [4.69, 9.17) is 9.73 Å². The van der Waals surface area contributed by atoms with Crippen LogP contribution in [0.4, 0.5) is 11.4 Å². The van der Waals surface area contributed by atoms with Crippen LogP contribution in [0.5, 0.6) is 5.75 Å². The highest BCUT2D eigenvalue weighted by Gasteiger charge is 2.34. The summed E-state index contributed by atoms with van der Waals surface area (Å²) in [4.78, 5) is 20.3. The minimum absolute atomic E-state index is 0.0952. The number of aliphatic imine (C=N–C) groups is 1. The fourth-order valence-electron chi connectivity index (χ4n) is 2.99. The van der Waals surface area contributed by atoms with Crippen molar-refractivity contribution in [2.75, 3.05) is 11.5 Å². The largest absolute Gasteiger partial charge is 0.493 e. The molecule has 0 saturated carbocycles. The standard InChI is InChI=1S/C24H20N2O2S/c1-2-28-21-16-10-9-11-18(21)17-22-23(27)26(20-14-7-4-8-15-20)24(29-22)25-19-12-5-3-6-13-19/h3-17H,2H2,1H3/b22-17+,25-24?. The highest BCUT2D eigenvalue weighted by atomic mass is 32.2. The molecule has 0 aliphatic carbocycles. The average molecular weight is 401 g/mol. The van der Waals surface area contributed by atoms with Gasteiger partial charge < -0.3 is 4.74 Å². The smallest absolute Gasteiger partial charge is 0.271 e. The summed E-state index contributed by atoms with van der Waals surface area (Å²) in [7, 11) is 0. The number of anilines is 1. The number of benzene rings is 3. The molecule has 1 amide bonds. The Balaban J connectivity index is 1.77. The zero-order valence-electron chi connectivity index (χ0n) is 16.0. The number of thioether (sulfide) groups is 1. The normalized spacial score (nSPS) is 16.6. The maximum atomic E-state index is 13.3. The summed E-state index contributed by atoms with van der Waals surface area (Å²) in [5.41, 5.74) is 2.47. The molecular formula is C24H20N2O2S. The molecule has 0 unspecified atom stereocenters. The number of amidine groups is 1. The van der Waals surface area contributed by atoms with E-state index >= 15 is 0 Å². The SMILES string of the molecule is CCOc1ccccc1/C=C1/SC(=Nc2ccccc2)N(c2ccccc2)C1=O. The van der Waals surface area contributed by atoms with Gasteiger partial charge in [-0.05, 0) is 55.1 Å². The second-order valence-corrected chi connectivity index (χ2v) is 7.30. The molecule has 144 valence electrons. The Morgan fingerprint density at radius 2 is 1.59 bits per heavy atom. The predicted octanol–water partition coefficient (Wildman–Crippen LogP) is 5.89. The van der Waals surface area contributed by atoms with Gasteiger partial charge in [0.15, 0.2) is 5.17 Å². The molecule has 1 heterocycles. The van der Waals surface area contributed by atoms with Crippen molar-refractivity contribution in [3.8, 4) is 5.75 Å². The second-order valence-electron chi connectivity index (χ2n) is 6.29. The lowest BCUT2D eigenvalue weighted by Crippen LogP contribution is -2.28. The first-order chi connectivity index (χ1) is 14.3. The van der Waals surface area contributed by atoms with Crippen molar-refractivity contribution >= 4 is 40.3 Å². The van der Waals surface area contributed by atoms with E-state index < -0.39 is 0 Å². The van der Waals surface area contributed by atoms with Gasteiger partial charge in [0.1, 0.15) is 5.75 Å². The van der Waals surface area contributed by atoms with E-state index in [2.05, 4.69) is 0 Å². The molecule has 5 heteroatoms. The average Bonchev–Trinajstić information content (AvgIpc) is 3.05. The Labute approximate surface area is 174 Å². The second kappa shape index (κ2) is 8.80. The Kier molecular flexibility index (Phi) is 5.77. The highest BCUT2D eigenvalue weighted by Crippen LogP contribution is 2.38. The number of para-hydroxylation sites is 3. The summed E-state index contributed by atoms with van der Waals surface area (Å²) in [6.45, 7) is 2.51. The van der Waals surface area contributed by atoms with Gasteiger partial charge in [-0.2, -0.15) is 0 Å². The van der Waals surface area contributed by atoms with Gasteiger partial charge in [0, 0.05) is 5.56 Å². The Bertz CT molecular complexity index is 1060. The van der Waals surface area contributed by atoms with Crippen LogP contribution in [0, 0.1) is 0 Å². The molecule has 4 rings (SSSR count). The van der Waals surface area contributed by atoms with E-state index in [0.29, 0.717) is 16.7 Å². The van der Waals surface area contributed by atoms with E-state index in [1.165, 1.54) is 11.8 Å². The minimum Gasteiger partial charge on any atom is -0.493 e. The molecule has 1 saturated heterocycles. The third-order valence-corrected chi connectivity index (χ3v) is 5.28. The van der Waals surface area contributed by atoms with E-state index in [0.717, 1.165) is 22.7 Å². The summed E-state index contributed by atoms with van der Waals surface area (Å²) in [5.74, 6) is 0.665. The van der Waals surface area contributed by atoms with Crippen LogP contribution in [0.3, 0.4) is 0 Å². The van der Waals surface area contributed by atoms with Crippen LogP contribution in [-0.2, 0) is 4.79 Å². The lowest BCUT2D eigenvalue weighted by Gasteiger charge is -2.15. The molecule has 4 nitrogen and oxygen atoms in total. The van der Waals surface area contributed by atoms with Crippen LogP contribution in [-0.4, -0.2) is 17.7 Å². The molecule has 1 fully saturated rings. The molecule has 0 bridgehead atoms. The van der Waals surface area contributed by atoms with Crippen molar-refractivity contribution in [3.63, 3.8) is 0 Å². The van der Waals surface area contributed by atoms with Gasteiger partial charge in [0.2, 0.25) is 0 Å². The predicted molar refractivity (Wildman–Crippen MR) is 121 cm³/mol. The zero-order chi connectivity index (χ0) is 20.1. The van der Waals surface area contributed by atoms with Crippen molar-refractivity contribution in [1.82, 2.24) is 0 Å². The van der Waals surface area contributed by atoms with Crippen molar-refractivity contribution in [1.29, 1.82) is 0 Å². The van der Waals surface area contributed by atoms with E-state index in [1.807, 2.05) is 97.9 Å². The van der Waals surface area contributed by atoms with Crippen LogP contribution < -0.4 is 9.64 Å². The van der Waals surface area contributed by atoms with Crippen LogP contribution in [0.1, 0.15) is 12.5 Å². The molecular weight excluding hydrogens is 380 g/mol. The molecule has 29 heavy (non-hydrogen) atoms. The first kappa shape index (κ1) is 19.0. The fraction of sp³-hybridized carbons (Fsp3) is 0.0833. The van der Waals surface area contributed by atoms with Crippen molar-refractivity contribution in [2.45, 2.75) is 6.92 Å². The molecule has 0 spiro atoms. The summed E-state index contributed by atoms with van der Waals surface area (Å²) >= 11 is 1.37. The number of hydrogen-bond acceptors (Lipinski definition) is 4. The van der Waals surface area contributed by atoms with Crippen molar-refractivity contribution < 1.29 is 9.53 Å². The molecule has 1 aliphatic rings. The van der Waals surface area contributed by atoms with Crippen molar-refractivity contribution in [3.05, 3.63) is 95.4 Å². The topological polar surface area (TPSA) is 41.9 Å². The van der Waals surface area contributed by atoms with Crippen molar-refractivity contribution in [2.24, 2.45) is 4.99 Å². The van der Waals surface area contributed by atoms with Gasteiger partial charge >= 0.3 is 0 Å². The molecule has 1 aliphatic heterocycles. The van der Waals surface area contributed by atoms with Gasteiger partial charge in [-0.15, -0.1) is 0 Å². The number of carbonyl (C=O) groups is 1. The van der Waals surface area contributed by atoms with Gasteiger partial charge in [-0.1, -0.05) is 54.6 Å². The van der Waals surface area contributed by atoms with Gasteiger partial charge in [0.25, 0.3) is 5.91 Å². The zero-order valence-corrected chi connectivity index (χ0v) is 16.8. The summed E-state index contributed by atoms with van der Waals surface area (Å²) < 4.78 is 5.71. The molecule has 0 atom stereocenters. The lowest BCUT2D eigenvalue weighted by molar-refractivity contribution is -0.113. The minimum atomic E-state index is -0.0952. The van der Waals surface area contributed by atoms with Crippen LogP contribution in [0.2, 0.25) is 0 Å². The Hall–Kier alpha value is -3.31. The van der Waals surface area contributed by atoms with E-state index in [9.17, 15) is 4.79 Å². The third kappa shape index (κ3) is 4.25. The first-order valence-electron chi connectivity index (χ1n) is 9.41. The number of hydrogen-bond donors (Lipinski definition) is 0. The summed E-state index contributed by atoms with van der Waals surface area (Å²) in [5, 5.41) is 0.632. The highest BCUT2D eigenvalue weighted by molar-refractivity contribution is 8.19. The van der Waals surface area contributed by atoms with Gasteiger partial charge in [-0.25, -0.2) is 4.99 Å². The molecule has 0 radical (unpaired) electrons. The number of amides is 1. The Morgan fingerprint density at radius 3 is 2.31 bits per heavy atom. The van der Waals surface area contributed by atoms with Crippen LogP contribution >= 0.6 is 11.8 Å². The number of nitrogens with zero attached hydrogens (tertiary/aromatic N) is 2. The monoisotopic (exact) mass is 400 g/mol. The quantitative estimate of drug-likeness (QED) is 0.501. The lowest BCUT2D eigenvalue weighted by atomic mass is 10.2. The van der Waals surface area contributed by atoms with Gasteiger partial charge in [-0.3, -0.25) is 9.69 Å². The van der Waals surface area contributed by atoms with E-state index in [-0.39, 0.29) is 5.91 Å². The van der Waals surface area contributed by atoms with Crippen LogP contribution in [0.25, 0.3) is 6.08 Å². The van der Waals surface area contributed by atoms with Crippen LogP contribution in [0.15, 0.2) is 94.8 Å². The molecule has 0 N–H and O–H groups in total. The fourth-order valence-corrected chi connectivity index (χ4v) is 3.99. The third-order valence-electron chi connectivity index (χ3n) is 4.31. The molecule has 3 aromatic rings. The summed E-state index contributed by atoms with van der Waals surface area (Å²) in [6.07, 6.45) is 1.88. The van der Waals surface area contributed by atoms with Gasteiger partial charge in [0.05, 0.1) is 22.9 Å². The molecule has 0 aromatic heterocycles. The maximum absolute atomic E-state index is 13.3. The first-order valence-corrected chi connectivity index (χ1v) is 10.2. The number of ether oxygens (including phenoxy) is 1. The summed E-state index contributed by atoms with van der Waals surface area (Å²) in [6, 6.07) is 27.0.